The Bertz CT molecular complexity index is 313. The highest BCUT2D eigenvalue weighted by Gasteiger charge is 2.16. The lowest BCUT2D eigenvalue weighted by atomic mass is 9.94. The van der Waals surface area contributed by atoms with Crippen molar-refractivity contribution >= 4 is 11.3 Å². The topological polar surface area (TPSA) is 24.9 Å². The van der Waals surface area contributed by atoms with E-state index in [9.17, 15) is 0 Å². The Kier molecular flexibility index (Phi) is 3.76. The second kappa shape index (κ2) is 5.08. The van der Waals surface area contributed by atoms with Crippen LogP contribution in [0.4, 0.5) is 0 Å². The molecule has 1 fully saturated rings. The molecule has 2 heterocycles. The highest BCUT2D eigenvalue weighted by molar-refractivity contribution is 7.11. The Hall–Kier alpha value is -0.410. The molecule has 3 heteroatoms. The number of piperidine rings is 1. The third-order valence-electron chi connectivity index (χ3n) is 3.17. The summed E-state index contributed by atoms with van der Waals surface area (Å²) in [6.07, 6.45) is 5.00. The molecule has 1 N–H and O–H groups in total. The summed E-state index contributed by atoms with van der Waals surface area (Å²) in [7, 11) is 0. The van der Waals surface area contributed by atoms with Crippen LogP contribution in [0, 0.1) is 12.8 Å². The van der Waals surface area contributed by atoms with Crippen molar-refractivity contribution in [3.8, 4) is 0 Å². The van der Waals surface area contributed by atoms with Gasteiger partial charge in [0.05, 0.1) is 10.7 Å². The van der Waals surface area contributed by atoms with Crippen molar-refractivity contribution < 1.29 is 0 Å². The lowest BCUT2D eigenvalue weighted by molar-refractivity contribution is 0.374. The van der Waals surface area contributed by atoms with E-state index in [2.05, 4.69) is 24.1 Å². The first-order valence-corrected chi connectivity index (χ1v) is 6.77. The summed E-state index contributed by atoms with van der Waals surface area (Å²) in [5.74, 6) is 0.884. The average molecular weight is 224 g/mol. The van der Waals surface area contributed by atoms with Gasteiger partial charge in [0.2, 0.25) is 0 Å². The normalized spacial score (nSPS) is 18.3. The van der Waals surface area contributed by atoms with Gasteiger partial charge in [0.1, 0.15) is 0 Å². The maximum Gasteiger partial charge on any atom is 0.0928 e. The van der Waals surface area contributed by atoms with Crippen LogP contribution in [0.5, 0.6) is 0 Å². The monoisotopic (exact) mass is 224 g/mol. The summed E-state index contributed by atoms with van der Waals surface area (Å²) in [6, 6.07) is 0. The quantitative estimate of drug-likeness (QED) is 0.853. The number of hydrogen-bond donors (Lipinski definition) is 1. The van der Waals surface area contributed by atoms with E-state index >= 15 is 0 Å². The van der Waals surface area contributed by atoms with E-state index in [1.807, 2.05) is 11.3 Å². The van der Waals surface area contributed by atoms with Crippen molar-refractivity contribution in [3.05, 3.63) is 15.6 Å². The standard InChI is InChI=1S/C12H20N2S/c1-3-12-14-9(2)11(15-12)8-10-4-6-13-7-5-10/h10,13H,3-8H2,1-2H3. The van der Waals surface area contributed by atoms with Gasteiger partial charge in [-0.25, -0.2) is 4.98 Å². The van der Waals surface area contributed by atoms with Crippen LogP contribution in [-0.4, -0.2) is 18.1 Å². The number of aryl methyl sites for hydroxylation is 2. The van der Waals surface area contributed by atoms with Crippen molar-refractivity contribution in [1.82, 2.24) is 10.3 Å². The molecule has 0 atom stereocenters. The fourth-order valence-corrected chi connectivity index (χ4v) is 3.30. The Morgan fingerprint density at radius 3 is 2.73 bits per heavy atom. The minimum Gasteiger partial charge on any atom is -0.317 e. The molecule has 15 heavy (non-hydrogen) atoms. The zero-order chi connectivity index (χ0) is 10.7. The minimum absolute atomic E-state index is 0.884. The first kappa shape index (κ1) is 11.1. The van der Waals surface area contributed by atoms with Crippen molar-refractivity contribution in [1.29, 1.82) is 0 Å². The van der Waals surface area contributed by atoms with Crippen LogP contribution in [0.3, 0.4) is 0 Å². The molecule has 84 valence electrons. The second-order valence-corrected chi connectivity index (χ2v) is 5.54. The highest BCUT2D eigenvalue weighted by Crippen LogP contribution is 2.25. The van der Waals surface area contributed by atoms with Gasteiger partial charge in [0.25, 0.3) is 0 Å². The van der Waals surface area contributed by atoms with Gasteiger partial charge in [-0.3, -0.25) is 0 Å². The number of rotatable bonds is 3. The summed E-state index contributed by atoms with van der Waals surface area (Å²) in [4.78, 5) is 6.12. The Morgan fingerprint density at radius 2 is 2.13 bits per heavy atom. The highest BCUT2D eigenvalue weighted by atomic mass is 32.1. The van der Waals surface area contributed by atoms with E-state index in [-0.39, 0.29) is 0 Å². The van der Waals surface area contributed by atoms with E-state index < -0.39 is 0 Å². The molecule has 1 aliphatic heterocycles. The number of thiazole rings is 1. The van der Waals surface area contributed by atoms with E-state index in [0.29, 0.717) is 0 Å². The lowest BCUT2D eigenvalue weighted by Gasteiger charge is -2.21. The lowest BCUT2D eigenvalue weighted by Crippen LogP contribution is -2.28. The largest absolute Gasteiger partial charge is 0.317 e. The molecule has 1 aromatic rings. The molecule has 0 spiro atoms. The number of aromatic nitrogens is 1. The summed E-state index contributed by atoms with van der Waals surface area (Å²) in [6.45, 7) is 6.74. The van der Waals surface area contributed by atoms with E-state index in [1.165, 1.54) is 47.9 Å². The molecular formula is C12H20N2S. The summed E-state index contributed by atoms with van der Waals surface area (Å²) in [5.41, 5.74) is 1.27. The van der Waals surface area contributed by atoms with Gasteiger partial charge in [0.15, 0.2) is 0 Å². The molecule has 0 bridgehead atoms. The van der Waals surface area contributed by atoms with Gasteiger partial charge in [-0.05, 0) is 51.6 Å². The average Bonchev–Trinajstić information content (AvgIpc) is 2.61. The smallest absolute Gasteiger partial charge is 0.0928 e. The molecule has 2 rings (SSSR count). The van der Waals surface area contributed by atoms with Gasteiger partial charge >= 0.3 is 0 Å². The third-order valence-corrected chi connectivity index (χ3v) is 4.50. The molecule has 0 saturated carbocycles. The van der Waals surface area contributed by atoms with E-state index in [1.54, 1.807) is 0 Å². The van der Waals surface area contributed by atoms with Gasteiger partial charge < -0.3 is 5.32 Å². The number of hydrogen-bond acceptors (Lipinski definition) is 3. The third kappa shape index (κ3) is 2.79. The van der Waals surface area contributed by atoms with Gasteiger partial charge in [-0.1, -0.05) is 6.92 Å². The predicted octanol–water partition coefficient (Wildman–Crippen LogP) is 2.56. The SMILES string of the molecule is CCc1nc(C)c(CC2CCNCC2)s1. The van der Waals surface area contributed by atoms with Gasteiger partial charge in [-0.15, -0.1) is 11.3 Å². The molecule has 1 aliphatic rings. The Balaban J connectivity index is 1.99. The molecule has 0 radical (unpaired) electrons. The summed E-state index contributed by atoms with van der Waals surface area (Å²) >= 11 is 1.92. The van der Waals surface area contributed by atoms with E-state index in [4.69, 9.17) is 0 Å². The van der Waals surface area contributed by atoms with Crippen molar-refractivity contribution in [2.45, 2.75) is 39.5 Å². The van der Waals surface area contributed by atoms with E-state index in [0.717, 1.165) is 12.3 Å². The predicted molar refractivity (Wildman–Crippen MR) is 65.5 cm³/mol. The van der Waals surface area contributed by atoms with Crippen LogP contribution in [0.2, 0.25) is 0 Å². The molecule has 0 unspecified atom stereocenters. The number of nitrogens with zero attached hydrogens (tertiary/aromatic N) is 1. The summed E-state index contributed by atoms with van der Waals surface area (Å²) in [5, 5.41) is 4.72. The Labute approximate surface area is 96.1 Å². The minimum atomic E-state index is 0.884. The van der Waals surface area contributed by atoms with Crippen LogP contribution in [0.1, 0.15) is 35.3 Å². The van der Waals surface area contributed by atoms with Crippen LogP contribution in [0.25, 0.3) is 0 Å². The Morgan fingerprint density at radius 1 is 1.40 bits per heavy atom. The van der Waals surface area contributed by atoms with Crippen LogP contribution in [0.15, 0.2) is 0 Å². The first-order valence-electron chi connectivity index (χ1n) is 5.95. The fraction of sp³-hybridized carbons (Fsp3) is 0.750. The maximum atomic E-state index is 4.60. The fourth-order valence-electron chi connectivity index (χ4n) is 2.18. The van der Waals surface area contributed by atoms with Gasteiger partial charge in [-0.2, -0.15) is 0 Å². The molecule has 2 nitrogen and oxygen atoms in total. The van der Waals surface area contributed by atoms with Gasteiger partial charge in [0, 0.05) is 4.88 Å². The second-order valence-electron chi connectivity index (χ2n) is 4.37. The van der Waals surface area contributed by atoms with Crippen LogP contribution < -0.4 is 5.32 Å². The van der Waals surface area contributed by atoms with Crippen molar-refractivity contribution in [2.24, 2.45) is 5.92 Å². The molecular weight excluding hydrogens is 204 g/mol. The van der Waals surface area contributed by atoms with Crippen LogP contribution in [-0.2, 0) is 12.8 Å². The van der Waals surface area contributed by atoms with Crippen molar-refractivity contribution in [2.75, 3.05) is 13.1 Å². The molecule has 1 aromatic heterocycles. The molecule has 0 aliphatic carbocycles. The molecule has 0 amide bonds. The zero-order valence-corrected chi connectivity index (χ0v) is 10.5. The molecule has 0 aromatic carbocycles. The zero-order valence-electron chi connectivity index (χ0n) is 9.68. The molecule has 1 saturated heterocycles. The first-order chi connectivity index (χ1) is 7.29. The maximum absolute atomic E-state index is 4.60. The number of nitrogens with one attached hydrogen (secondary N) is 1. The summed E-state index contributed by atoms with van der Waals surface area (Å²) < 4.78 is 0. The van der Waals surface area contributed by atoms with Crippen LogP contribution >= 0.6 is 11.3 Å². The van der Waals surface area contributed by atoms with Crippen molar-refractivity contribution in [3.63, 3.8) is 0 Å².